The third kappa shape index (κ3) is 5.01. The molecule has 3 aromatic rings. The highest BCUT2D eigenvalue weighted by Crippen LogP contribution is 2.55. The summed E-state index contributed by atoms with van der Waals surface area (Å²) in [5.74, 6) is 0.159. The highest BCUT2D eigenvalue weighted by molar-refractivity contribution is 7.80. The molecule has 2 aliphatic heterocycles. The van der Waals surface area contributed by atoms with Gasteiger partial charge in [-0.3, -0.25) is 4.79 Å². The first kappa shape index (κ1) is 28.7. The molecule has 0 spiro atoms. The average molecular weight is 617 g/mol. The number of ether oxygens (including phenoxy) is 6. The van der Waals surface area contributed by atoms with Crippen LogP contribution in [0.15, 0.2) is 48.5 Å². The summed E-state index contributed by atoms with van der Waals surface area (Å²) in [4.78, 5) is 13.4. The number of halogens is 3. The van der Waals surface area contributed by atoms with Crippen molar-refractivity contribution in [2.75, 3.05) is 40.0 Å². The van der Waals surface area contributed by atoms with Crippen molar-refractivity contribution in [1.82, 2.24) is 5.32 Å². The number of esters is 1. The van der Waals surface area contributed by atoms with Gasteiger partial charge in [0.25, 0.3) is 0 Å². The minimum Gasteiger partial charge on any atom is -0.493 e. The zero-order valence-corrected chi connectivity index (χ0v) is 24.1. The molecule has 3 aliphatic rings. The Morgan fingerprint density at radius 1 is 0.930 bits per heavy atom. The number of benzene rings is 3. The minimum atomic E-state index is -4.58. The number of carbonyl (C=O) groups is 1. The summed E-state index contributed by atoms with van der Waals surface area (Å²) < 4.78 is 74.6. The minimum absolute atomic E-state index is 0.0221. The van der Waals surface area contributed by atoms with Crippen LogP contribution in [0.1, 0.15) is 34.2 Å². The van der Waals surface area contributed by atoms with Crippen LogP contribution in [0.2, 0.25) is 0 Å². The van der Waals surface area contributed by atoms with Gasteiger partial charge in [0.2, 0.25) is 12.5 Å². The quantitative estimate of drug-likeness (QED) is 0.276. The van der Waals surface area contributed by atoms with Gasteiger partial charge in [-0.2, -0.15) is 13.2 Å². The third-order valence-electron chi connectivity index (χ3n) is 8.00. The lowest BCUT2D eigenvalue weighted by Crippen LogP contribution is -2.44. The number of alkyl halides is 3. The molecule has 6 rings (SSSR count). The van der Waals surface area contributed by atoms with Crippen LogP contribution in [0.3, 0.4) is 0 Å². The number of cyclic esters (lactones) is 1. The summed E-state index contributed by atoms with van der Waals surface area (Å²) in [6, 6.07) is 11.7. The Labute approximate surface area is 250 Å². The molecule has 1 saturated heterocycles. The summed E-state index contributed by atoms with van der Waals surface area (Å²) in [5.41, 5.74) is 1.12. The Morgan fingerprint density at radius 3 is 2.21 bits per heavy atom. The molecule has 0 radical (unpaired) electrons. The molecule has 0 aromatic heterocycles. The smallest absolute Gasteiger partial charge is 0.418 e. The molecule has 4 atom stereocenters. The van der Waals surface area contributed by atoms with Crippen molar-refractivity contribution < 1.29 is 46.4 Å². The van der Waals surface area contributed by atoms with E-state index < -0.39 is 41.5 Å². The van der Waals surface area contributed by atoms with Crippen LogP contribution < -0.4 is 34.3 Å². The van der Waals surface area contributed by atoms with E-state index in [0.29, 0.717) is 34.3 Å². The van der Waals surface area contributed by atoms with Gasteiger partial charge in [-0.25, -0.2) is 0 Å². The summed E-state index contributed by atoms with van der Waals surface area (Å²) in [6.07, 6.45) is -4.58. The van der Waals surface area contributed by atoms with Crippen molar-refractivity contribution in [3.63, 3.8) is 0 Å². The van der Waals surface area contributed by atoms with Crippen molar-refractivity contribution in [3.8, 4) is 28.7 Å². The van der Waals surface area contributed by atoms with E-state index in [0.717, 1.165) is 17.2 Å². The van der Waals surface area contributed by atoms with Crippen molar-refractivity contribution in [2.45, 2.75) is 18.1 Å². The van der Waals surface area contributed by atoms with Crippen molar-refractivity contribution in [2.24, 2.45) is 11.8 Å². The van der Waals surface area contributed by atoms with Gasteiger partial charge >= 0.3 is 12.1 Å². The van der Waals surface area contributed by atoms with Crippen LogP contribution in [-0.2, 0) is 15.7 Å². The van der Waals surface area contributed by atoms with Crippen LogP contribution in [-0.4, -0.2) is 45.8 Å². The Balaban J connectivity index is 1.45. The predicted molar refractivity (Wildman–Crippen MR) is 152 cm³/mol. The van der Waals surface area contributed by atoms with Gasteiger partial charge in [0.1, 0.15) is 0 Å². The Bertz CT molecular complexity index is 1570. The van der Waals surface area contributed by atoms with Crippen LogP contribution in [0.5, 0.6) is 28.7 Å². The second kappa shape index (κ2) is 11.0. The summed E-state index contributed by atoms with van der Waals surface area (Å²) in [6.45, 7) is 0.0893. The first-order valence-electron chi connectivity index (χ1n) is 13.3. The molecule has 0 amide bonds. The zero-order chi connectivity index (χ0) is 30.5. The fraction of sp³-hybridized carbons (Fsp3) is 0.333. The van der Waals surface area contributed by atoms with Gasteiger partial charge in [-0.15, -0.1) is 0 Å². The molecule has 0 unspecified atom stereocenters. The number of thiocarbonyl (C=S) groups is 1. The Morgan fingerprint density at radius 2 is 1.58 bits per heavy atom. The molecule has 9 nitrogen and oxygen atoms in total. The normalized spacial score (nSPS) is 21.8. The molecule has 2 heterocycles. The van der Waals surface area contributed by atoms with Crippen LogP contribution in [0.4, 0.5) is 18.9 Å². The SMILES string of the molecule is COc1cc([C@@H]2c3cc4c(cc3[C@@H](NC(=S)Nc3ccccc3C(F)(F)F)[C@H]3COC(=O)[C@H]23)OCO4)cc(OC)c1OC. The summed E-state index contributed by atoms with van der Waals surface area (Å²) in [5, 5.41) is 5.83. The van der Waals surface area contributed by atoms with E-state index in [1.165, 1.54) is 39.5 Å². The zero-order valence-electron chi connectivity index (χ0n) is 23.2. The lowest BCUT2D eigenvalue weighted by atomic mass is 9.65. The number of nitrogens with one attached hydrogen (secondary N) is 2. The maximum Gasteiger partial charge on any atom is 0.418 e. The number of carbonyl (C=O) groups excluding carboxylic acids is 1. The largest absolute Gasteiger partial charge is 0.493 e. The molecule has 1 aliphatic carbocycles. The second-order valence-corrected chi connectivity index (χ2v) is 10.6. The Kier molecular flexibility index (Phi) is 7.36. The molecule has 0 bridgehead atoms. The summed E-state index contributed by atoms with van der Waals surface area (Å²) in [7, 11) is 4.51. The molecular formula is C30H27F3N2O7S. The maximum absolute atomic E-state index is 13.7. The number of hydrogen-bond donors (Lipinski definition) is 2. The number of fused-ring (bicyclic) bond motifs is 3. The van der Waals surface area contributed by atoms with E-state index in [-0.39, 0.29) is 24.2 Å². The van der Waals surface area contributed by atoms with E-state index in [1.807, 2.05) is 12.1 Å². The lowest BCUT2D eigenvalue weighted by Gasteiger charge is -2.40. The van der Waals surface area contributed by atoms with Gasteiger partial charge in [0.05, 0.1) is 51.1 Å². The average Bonchev–Trinajstić information content (AvgIpc) is 3.61. The van der Waals surface area contributed by atoms with E-state index in [1.54, 1.807) is 12.1 Å². The summed E-state index contributed by atoms with van der Waals surface area (Å²) >= 11 is 5.52. The van der Waals surface area contributed by atoms with Gasteiger partial charge in [-0.05, 0) is 65.3 Å². The number of rotatable bonds is 6. The molecule has 1 fully saturated rings. The number of hydrogen-bond acceptors (Lipinski definition) is 8. The van der Waals surface area contributed by atoms with Gasteiger partial charge in [0, 0.05) is 11.8 Å². The fourth-order valence-electron chi connectivity index (χ4n) is 6.17. The van der Waals surface area contributed by atoms with E-state index in [4.69, 9.17) is 40.6 Å². The topological polar surface area (TPSA) is 96.5 Å². The standard InChI is InChI=1S/C30H27F3N2O7S/c1-37-22-8-14(9-23(38-2)27(22)39-3)24-15-10-20-21(42-13-41-20)11-16(15)26(17-12-40-28(36)25(17)24)35-29(43)34-19-7-5-4-6-18(19)30(31,32)33/h4-11,17,24-26H,12-13H2,1-3H3,(H2,34,35,43)/t17-,24+,25-,26+/m0/s1. The van der Waals surface area contributed by atoms with Crippen LogP contribution in [0, 0.1) is 11.8 Å². The molecule has 226 valence electrons. The van der Waals surface area contributed by atoms with E-state index in [2.05, 4.69) is 10.6 Å². The van der Waals surface area contributed by atoms with Gasteiger partial charge < -0.3 is 39.1 Å². The van der Waals surface area contributed by atoms with Crippen molar-refractivity contribution in [3.05, 3.63) is 70.8 Å². The van der Waals surface area contributed by atoms with Crippen LogP contribution >= 0.6 is 12.2 Å². The van der Waals surface area contributed by atoms with Crippen LogP contribution in [0.25, 0.3) is 0 Å². The van der Waals surface area contributed by atoms with Crippen molar-refractivity contribution >= 4 is 29.0 Å². The van der Waals surface area contributed by atoms with Crippen molar-refractivity contribution in [1.29, 1.82) is 0 Å². The number of methoxy groups -OCH3 is 3. The van der Waals surface area contributed by atoms with E-state index >= 15 is 0 Å². The first-order valence-corrected chi connectivity index (χ1v) is 13.7. The monoisotopic (exact) mass is 616 g/mol. The highest BCUT2D eigenvalue weighted by atomic mass is 32.1. The van der Waals surface area contributed by atoms with Gasteiger partial charge in [-0.1, -0.05) is 12.1 Å². The molecule has 13 heteroatoms. The highest BCUT2D eigenvalue weighted by Gasteiger charge is 2.53. The molecule has 3 aromatic carbocycles. The maximum atomic E-state index is 13.7. The van der Waals surface area contributed by atoms with Gasteiger partial charge in [0.15, 0.2) is 28.1 Å². The lowest BCUT2D eigenvalue weighted by molar-refractivity contribution is -0.141. The number of para-hydroxylation sites is 1. The second-order valence-electron chi connectivity index (χ2n) is 10.2. The molecular weight excluding hydrogens is 589 g/mol. The molecule has 2 N–H and O–H groups in total. The third-order valence-corrected chi connectivity index (χ3v) is 8.22. The number of anilines is 1. The fourth-order valence-corrected chi connectivity index (χ4v) is 6.40. The Hall–Kier alpha value is -4.39. The molecule has 43 heavy (non-hydrogen) atoms. The predicted octanol–water partition coefficient (Wildman–Crippen LogP) is 5.42. The first-order chi connectivity index (χ1) is 20.6. The molecule has 0 saturated carbocycles. The van der Waals surface area contributed by atoms with E-state index in [9.17, 15) is 18.0 Å².